The first-order valence-corrected chi connectivity index (χ1v) is 12.0. The number of ether oxygens (including phenoxy) is 1. The van der Waals surface area contributed by atoms with Crippen LogP contribution in [0.4, 0.5) is 17.2 Å². The lowest BCUT2D eigenvalue weighted by Gasteiger charge is -2.36. The molecule has 1 aliphatic heterocycles. The van der Waals surface area contributed by atoms with Crippen molar-refractivity contribution in [2.45, 2.75) is 19.0 Å². The Morgan fingerprint density at radius 1 is 1.06 bits per heavy atom. The topological polar surface area (TPSA) is 70.6 Å². The Labute approximate surface area is 199 Å². The first-order valence-electron chi connectivity index (χ1n) is 11.0. The molecule has 4 rings (SSSR count). The summed E-state index contributed by atoms with van der Waals surface area (Å²) in [6, 6.07) is 16.1. The molecule has 2 aromatic carbocycles. The molecule has 0 unspecified atom stereocenters. The number of benzene rings is 2. The molecule has 172 valence electrons. The van der Waals surface area contributed by atoms with Crippen LogP contribution in [0.3, 0.4) is 0 Å². The van der Waals surface area contributed by atoms with Crippen molar-refractivity contribution in [3.05, 3.63) is 65.9 Å². The maximum Gasteiger partial charge on any atom is 0.234 e. The number of thioether (sulfide) groups is 1. The first kappa shape index (κ1) is 22.9. The molecular weight excluding hydrogens is 434 g/mol. The van der Waals surface area contributed by atoms with Crippen molar-refractivity contribution in [2.24, 2.45) is 0 Å². The summed E-state index contributed by atoms with van der Waals surface area (Å²) in [6.07, 6.45) is 1.77. The second-order valence-corrected chi connectivity index (χ2v) is 8.97. The Morgan fingerprint density at radius 2 is 1.85 bits per heavy atom. The minimum absolute atomic E-state index is 0.0605. The molecule has 0 bridgehead atoms. The van der Waals surface area contributed by atoms with Crippen LogP contribution in [-0.4, -0.2) is 54.9 Å². The normalized spacial score (nSPS) is 13.7. The van der Waals surface area contributed by atoms with E-state index in [1.165, 1.54) is 17.4 Å². The van der Waals surface area contributed by atoms with Gasteiger partial charge in [0.05, 0.1) is 12.9 Å². The van der Waals surface area contributed by atoms with E-state index in [-0.39, 0.29) is 11.7 Å². The molecular formula is C25H29N5O2S. The molecule has 7 nitrogen and oxygen atoms in total. The predicted octanol–water partition coefficient (Wildman–Crippen LogP) is 4.16. The van der Waals surface area contributed by atoms with Crippen molar-refractivity contribution < 1.29 is 9.53 Å². The van der Waals surface area contributed by atoms with Crippen LogP contribution in [0.1, 0.15) is 11.1 Å². The van der Waals surface area contributed by atoms with E-state index in [2.05, 4.69) is 32.2 Å². The third-order valence-corrected chi connectivity index (χ3v) is 6.50. The standard InChI is InChI=1S/C25H29N5O2S/c1-18-7-8-19(2)22(15-18)27-24(31)17-33-25-26-10-9-23(28-25)30-13-11-29(12-14-30)20-5-4-6-21(16-20)32-3/h4-10,15-16H,11-14,17H2,1-3H3,(H,27,31). The van der Waals surface area contributed by atoms with Gasteiger partial charge in [0.15, 0.2) is 5.16 Å². The summed E-state index contributed by atoms with van der Waals surface area (Å²) < 4.78 is 5.35. The summed E-state index contributed by atoms with van der Waals surface area (Å²) in [5, 5.41) is 3.60. The number of aryl methyl sites for hydroxylation is 2. The number of rotatable bonds is 7. The largest absolute Gasteiger partial charge is 0.497 e. The van der Waals surface area contributed by atoms with Crippen molar-refractivity contribution in [3.8, 4) is 5.75 Å². The maximum absolute atomic E-state index is 12.4. The quantitative estimate of drug-likeness (QED) is 0.417. The van der Waals surface area contributed by atoms with E-state index < -0.39 is 0 Å². The van der Waals surface area contributed by atoms with Crippen molar-refractivity contribution in [2.75, 3.05) is 54.2 Å². The highest BCUT2D eigenvalue weighted by molar-refractivity contribution is 7.99. The molecule has 1 N–H and O–H groups in total. The van der Waals surface area contributed by atoms with E-state index in [1.807, 2.05) is 50.2 Å². The Balaban J connectivity index is 1.31. The number of anilines is 3. The Bertz CT molecular complexity index is 1120. The van der Waals surface area contributed by atoms with E-state index >= 15 is 0 Å². The van der Waals surface area contributed by atoms with E-state index in [0.29, 0.717) is 5.16 Å². The molecule has 2 heterocycles. The third-order valence-electron chi connectivity index (χ3n) is 5.64. The average molecular weight is 464 g/mol. The van der Waals surface area contributed by atoms with Gasteiger partial charge in [0.1, 0.15) is 11.6 Å². The lowest BCUT2D eigenvalue weighted by Crippen LogP contribution is -2.46. The van der Waals surface area contributed by atoms with Gasteiger partial charge in [-0.25, -0.2) is 9.97 Å². The number of piperazine rings is 1. The van der Waals surface area contributed by atoms with Gasteiger partial charge in [0.25, 0.3) is 0 Å². The lowest BCUT2D eigenvalue weighted by molar-refractivity contribution is -0.113. The van der Waals surface area contributed by atoms with Crippen molar-refractivity contribution >= 4 is 34.9 Å². The van der Waals surface area contributed by atoms with Crippen molar-refractivity contribution in [1.82, 2.24) is 9.97 Å². The van der Waals surface area contributed by atoms with Crippen LogP contribution in [-0.2, 0) is 4.79 Å². The molecule has 1 saturated heterocycles. The van der Waals surface area contributed by atoms with Crippen LogP contribution in [0.5, 0.6) is 5.75 Å². The zero-order valence-electron chi connectivity index (χ0n) is 19.2. The number of hydrogen-bond donors (Lipinski definition) is 1. The van der Waals surface area contributed by atoms with Gasteiger partial charge in [-0.2, -0.15) is 0 Å². The van der Waals surface area contributed by atoms with Gasteiger partial charge in [-0.3, -0.25) is 4.79 Å². The number of carbonyl (C=O) groups is 1. The molecule has 33 heavy (non-hydrogen) atoms. The minimum Gasteiger partial charge on any atom is -0.497 e. The number of methoxy groups -OCH3 is 1. The van der Waals surface area contributed by atoms with Crippen LogP contribution < -0.4 is 19.9 Å². The summed E-state index contributed by atoms with van der Waals surface area (Å²) >= 11 is 1.35. The Morgan fingerprint density at radius 3 is 2.64 bits per heavy atom. The molecule has 1 fully saturated rings. The molecule has 1 amide bonds. The van der Waals surface area contributed by atoms with Crippen molar-refractivity contribution in [3.63, 3.8) is 0 Å². The highest BCUT2D eigenvalue weighted by atomic mass is 32.2. The summed E-state index contributed by atoms with van der Waals surface area (Å²) in [5.41, 5.74) is 4.18. The van der Waals surface area contributed by atoms with E-state index in [1.54, 1.807) is 13.3 Å². The van der Waals surface area contributed by atoms with Crippen molar-refractivity contribution in [1.29, 1.82) is 0 Å². The predicted molar refractivity (Wildman–Crippen MR) is 135 cm³/mol. The van der Waals surface area contributed by atoms with Crippen LogP contribution in [0.25, 0.3) is 0 Å². The SMILES string of the molecule is COc1cccc(N2CCN(c3ccnc(SCC(=O)Nc4cc(C)ccc4C)n3)CC2)c1. The van der Waals surface area contributed by atoms with Gasteiger partial charge in [-0.05, 0) is 49.2 Å². The smallest absolute Gasteiger partial charge is 0.234 e. The zero-order valence-corrected chi connectivity index (χ0v) is 20.1. The van der Waals surface area contributed by atoms with Gasteiger partial charge in [-0.1, -0.05) is 30.0 Å². The highest BCUT2D eigenvalue weighted by Gasteiger charge is 2.19. The first-order chi connectivity index (χ1) is 16.0. The zero-order chi connectivity index (χ0) is 23.2. The van der Waals surface area contributed by atoms with Crippen LogP contribution >= 0.6 is 11.8 Å². The fourth-order valence-electron chi connectivity index (χ4n) is 3.77. The van der Waals surface area contributed by atoms with Gasteiger partial charge in [0.2, 0.25) is 5.91 Å². The number of amides is 1. The molecule has 0 spiro atoms. The molecule has 3 aromatic rings. The molecule has 0 radical (unpaired) electrons. The molecule has 1 aromatic heterocycles. The number of hydrogen-bond acceptors (Lipinski definition) is 7. The van der Waals surface area contributed by atoms with E-state index in [9.17, 15) is 4.79 Å². The third kappa shape index (κ3) is 5.96. The number of carbonyl (C=O) groups excluding carboxylic acids is 1. The second kappa shape index (κ2) is 10.6. The monoisotopic (exact) mass is 463 g/mol. The fraction of sp³-hybridized carbons (Fsp3) is 0.320. The molecule has 0 saturated carbocycles. The Kier molecular flexibility index (Phi) is 7.34. The summed E-state index contributed by atoms with van der Waals surface area (Å²) in [6.45, 7) is 7.54. The fourth-order valence-corrected chi connectivity index (χ4v) is 4.39. The van der Waals surface area contributed by atoms with E-state index in [4.69, 9.17) is 9.72 Å². The van der Waals surface area contributed by atoms with Crippen LogP contribution in [0.2, 0.25) is 0 Å². The summed E-state index contributed by atoms with van der Waals surface area (Å²) in [7, 11) is 1.69. The second-order valence-electron chi connectivity index (χ2n) is 8.03. The van der Waals surface area contributed by atoms with Gasteiger partial charge in [-0.15, -0.1) is 0 Å². The van der Waals surface area contributed by atoms with Gasteiger partial charge < -0.3 is 19.9 Å². The Hall–Kier alpha value is -3.26. The van der Waals surface area contributed by atoms with E-state index in [0.717, 1.165) is 54.6 Å². The van der Waals surface area contributed by atoms with Crippen LogP contribution in [0.15, 0.2) is 59.9 Å². The van der Waals surface area contributed by atoms with Crippen LogP contribution in [0, 0.1) is 13.8 Å². The number of aromatic nitrogens is 2. The van der Waals surface area contributed by atoms with Gasteiger partial charge >= 0.3 is 0 Å². The highest BCUT2D eigenvalue weighted by Crippen LogP contribution is 2.24. The maximum atomic E-state index is 12.4. The minimum atomic E-state index is -0.0605. The van der Waals surface area contributed by atoms with Gasteiger partial charge in [0, 0.05) is 49.8 Å². The molecule has 1 aliphatic rings. The molecule has 8 heteroatoms. The average Bonchev–Trinajstić information content (AvgIpc) is 2.85. The molecule has 0 atom stereocenters. The summed E-state index contributed by atoms with van der Waals surface area (Å²) in [5.74, 6) is 1.97. The lowest BCUT2D eigenvalue weighted by atomic mass is 10.1. The molecule has 0 aliphatic carbocycles. The number of nitrogens with one attached hydrogen (secondary N) is 1. The number of nitrogens with zero attached hydrogens (tertiary/aromatic N) is 4. The summed E-state index contributed by atoms with van der Waals surface area (Å²) in [4.78, 5) is 26.1.